The summed E-state index contributed by atoms with van der Waals surface area (Å²) in [7, 11) is 0. The number of carbonyl (C=O) groups is 2. The van der Waals surface area contributed by atoms with Gasteiger partial charge in [0.25, 0.3) is 0 Å². The maximum Gasteiger partial charge on any atom is 0.335 e. The van der Waals surface area contributed by atoms with Gasteiger partial charge in [0.05, 0.1) is 17.7 Å². The summed E-state index contributed by atoms with van der Waals surface area (Å²) in [4.78, 5) is 29.8. The number of aliphatic imine (C=N–C) groups is 1. The van der Waals surface area contributed by atoms with Crippen molar-refractivity contribution in [3.05, 3.63) is 99.3 Å². The molecule has 3 aromatic rings. The molecule has 3 aromatic carbocycles. The van der Waals surface area contributed by atoms with E-state index in [1.165, 1.54) is 12.1 Å². The van der Waals surface area contributed by atoms with Crippen LogP contribution in [0.3, 0.4) is 0 Å². The van der Waals surface area contributed by atoms with E-state index in [0.717, 1.165) is 17.5 Å². The summed E-state index contributed by atoms with van der Waals surface area (Å²) in [6, 6.07) is 15.2. The van der Waals surface area contributed by atoms with Crippen LogP contribution in [0.2, 0.25) is 0 Å². The van der Waals surface area contributed by atoms with Gasteiger partial charge < -0.3 is 9.84 Å². The number of carboxylic acids is 1. The van der Waals surface area contributed by atoms with Gasteiger partial charge in [-0.3, -0.25) is 9.79 Å². The molecule has 0 radical (unpaired) electrons. The summed E-state index contributed by atoms with van der Waals surface area (Å²) in [5.41, 5.74) is 1.75. The molecule has 0 aromatic heterocycles. The Hall–Kier alpha value is -3.58. The van der Waals surface area contributed by atoms with Crippen molar-refractivity contribution >= 4 is 33.9 Å². The first-order chi connectivity index (χ1) is 17.2. The largest absolute Gasteiger partial charge is 0.493 e. The van der Waals surface area contributed by atoms with Crippen LogP contribution in [-0.2, 0) is 6.42 Å². The Bertz CT molecular complexity index is 1380. The molecule has 1 heterocycles. The van der Waals surface area contributed by atoms with Crippen molar-refractivity contribution in [2.75, 3.05) is 6.61 Å². The van der Waals surface area contributed by atoms with Crippen LogP contribution < -0.4 is 4.74 Å². The van der Waals surface area contributed by atoms with E-state index in [-0.39, 0.29) is 17.5 Å². The van der Waals surface area contributed by atoms with Crippen molar-refractivity contribution in [3.8, 4) is 16.9 Å². The molecular weight excluding hydrogens is 525 g/mol. The number of carbonyl (C=O) groups excluding carboxylic acids is 1. The second-order valence-electron chi connectivity index (χ2n) is 8.70. The van der Waals surface area contributed by atoms with Gasteiger partial charge in [0.1, 0.15) is 17.1 Å². The van der Waals surface area contributed by atoms with E-state index >= 15 is 0 Å². The van der Waals surface area contributed by atoms with Crippen LogP contribution in [0.25, 0.3) is 11.1 Å². The Morgan fingerprint density at radius 1 is 1.06 bits per heavy atom. The highest BCUT2D eigenvalue weighted by atomic mass is 79.9. The van der Waals surface area contributed by atoms with Gasteiger partial charge >= 0.3 is 5.97 Å². The molecule has 0 aliphatic carbocycles. The van der Waals surface area contributed by atoms with Crippen LogP contribution in [0.5, 0.6) is 5.75 Å². The standard InChI is InChI=1S/C29H25BrFNO4/c1-3-13-36-26-10-7-19(20-6-5-18(2)24(15-20)28(34)35)14-21(26)17-29(11-4-12-32-29)27(33)23-9-8-22(30)16-25(23)31/h4-12,14-16H,3,13,17H2,1-2H3,(H,34,35). The number of ketones is 1. The second-order valence-corrected chi connectivity index (χ2v) is 9.61. The third-order valence-corrected chi connectivity index (χ3v) is 6.61. The molecule has 1 atom stereocenters. The van der Waals surface area contributed by atoms with E-state index in [2.05, 4.69) is 20.9 Å². The SMILES string of the molecule is CCCOc1ccc(-c2ccc(C)c(C(=O)O)c2)cc1CC1(C(=O)c2ccc(Br)cc2F)C=CC=N1. The van der Waals surface area contributed by atoms with Crippen molar-refractivity contribution in [2.24, 2.45) is 4.99 Å². The fourth-order valence-electron chi connectivity index (χ4n) is 4.22. The lowest BCUT2D eigenvalue weighted by Gasteiger charge is -2.25. The van der Waals surface area contributed by atoms with Crippen molar-refractivity contribution < 1.29 is 23.8 Å². The van der Waals surface area contributed by atoms with Gasteiger partial charge in [0.2, 0.25) is 0 Å². The molecule has 36 heavy (non-hydrogen) atoms. The highest BCUT2D eigenvalue weighted by molar-refractivity contribution is 9.10. The molecule has 0 amide bonds. The van der Waals surface area contributed by atoms with Gasteiger partial charge in [0.15, 0.2) is 5.78 Å². The second kappa shape index (κ2) is 10.6. The molecule has 0 fully saturated rings. The van der Waals surface area contributed by atoms with E-state index in [1.54, 1.807) is 43.5 Å². The summed E-state index contributed by atoms with van der Waals surface area (Å²) in [6.45, 7) is 4.24. The molecule has 1 aliphatic heterocycles. The van der Waals surface area contributed by atoms with Crippen LogP contribution in [0.15, 0.2) is 76.2 Å². The lowest BCUT2D eigenvalue weighted by Crippen LogP contribution is -2.36. The minimum atomic E-state index is -1.32. The first-order valence-corrected chi connectivity index (χ1v) is 12.4. The summed E-state index contributed by atoms with van der Waals surface area (Å²) in [6.07, 6.45) is 5.86. The number of hydrogen-bond acceptors (Lipinski definition) is 4. The minimum Gasteiger partial charge on any atom is -0.493 e. The van der Waals surface area contributed by atoms with Crippen LogP contribution in [0.4, 0.5) is 4.39 Å². The van der Waals surface area contributed by atoms with Gasteiger partial charge in [-0.2, -0.15) is 0 Å². The number of halogens is 2. The third-order valence-electron chi connectivity index (χ3n) is 6.12. The lowest BCUT2D eigenvalue weighted by atomic mass is 9.83. The average Bonchev–Trinajstić information content (AvgIpc) is 3.32. The zero-order chi connectivity index (χ0) is 25.9. The van der Waals surface area contributed by atoms with E-state index in [9.17, 15) is 19.1 Å². The van der Waals surface area contributed by atoms with Crippen molar-refractivity contribution in [3.63, 3.8) is 0 Å². The normalized spacial score (nSPS) is 16.3. The molecule has 1 aliphatic rings. The molecule has 5 nitrogen and oxygen atoms in total. The molecular formula is C29H25BrFNO4. The van der Waals surface area contributed by atoms with E-state index in [4.69, 9.17) is 4.74 Å². The number of hydrogen-bond donors (Lipinski definition) is 1. The third kappa shape index (κ3) is 5.16. The monoisotopic (exact) mass is 549 g/mol. The Morgan fingerprint density at radius 3 is 2.47 bits per heavy atom. The summed E-state index contributed by atoms with van der Waals surface area (Å²) in [5.74, 6) is -1.47. The van der Waals surface area contributed by atoms with Gasteiger partial charge in [-0.25, -0.2) is 9.18 Å². The molecule has 7 heteroatoms. The summed E-state index contributed by atoms with van der Waals surface area (Å²) < 4.78 is 21.2. The quantitative estimate of drug-likeness (QED) is 0.296. The van der Waals surface area contributed by atoms with Crippen molar-refractivity contribution in [1.82, 2.24) is 0 Å². The van der Waals surface area contributed by atoms with Gasteiger partial charge in [-0.05, 0) is 84.1 Å². The number of rotatable bonds is 9. The van der Waals surface area contributed by atoms with Gasteiger partial charge in [0, 0.05) is 17.1 Å². The highest BCUT2D eigenvalue weighted by Crippen LogP contribution is 2.35. The van der Waals surface area contributed by atoms with E-state index in [0.29, 0.717) is 28.0 Å². The summed E-state index contributed by atoms with van der Waals surface area (Å²) in [5, 5.41) is 9.55. The zero-order valence-corrected chi connectivity index (χ0v) is 21.5. The average molecular weight is 550 g/mol. The summed E-state index contributed by atoms with van der Waals surface area (Å²) >= 11 is 3.23. The van der Waals surface area contributed by atoms with E-state index in [1.807, 2.05) is 31.2 Å². The van der Waals surface area contributed by atoms with Crippen LogP contribution in [0.1, 0.15) is 45.2 Å². The first kappa shape index (κ1) is 25.5. The predicted molar refractivity (Wildman–Crippen MR) is 142 cm³/mol. The molecule has 0 saturated heterocycles. The Labute approximate surface area is 217 Å². The maximum absolute atomic E-state index is 14.7. The van der Waals surface area contributed by atoms with Crippen molar-refractivity contribution in [1.29, 1.82) is 0 Å². The molecule has 0 bridgehead atoms. The predicted octanol–water partition coefficient (Wildman–Crippen LogP) is 6.86. The lowest BCUT2D eigenvalue weighted by molar-refractivity contribution is 0.0696. The number of ether oxygens (including phenoxy) is 1. The minimum absolute atomic E-state index is 0.0429. The molecule has 184 valence electrons. The zero-order valence-electron chi connectivity index (χ0n) is 19.9. The van der Waals surface area contributed by atoms with Crippen LogP contribution in [-0.4, -0.2) is 35.2 Å². The molecule has 1 N–H and O–H groups in total. The fourth-order valence-corrected chi connectivity index (χ4v) is 4.55. The van der Waals surface area contributed by atoms with E-state index < -0.39 is 23.1 Å². The molecule has 0 spiro atoms. The number of benzene rings is 3. The van der Waals surface area contributed by atoms with Crippen molar-refractivity contribution in [2.45, 2.75) is 32.2 Å². The molecule has 1 unspecified atom stereocenters. The maximum atomic E-state index is 14.7. The number of Topliss-reactive ketones (excluding diaryl/α,β-unsaturated/α-hetero) is 1. The number of aryl methyl sites for hydroxylation is 1. The number of nitrogens with zero attached hydrogens (tertiary/aromatic N) is 1. The molecule has 0 saturated carbocycles. The first-order valence-electron chi connectivity index (χ1n) is 11.6. The van der Waals surface area contributed by atoms with Crippen LogP contribution in [0, 0.1) is 12.7 Å². The number of aromatic carboxylic acids is 1. The van der Waals surface area contributed by atoms with Gasteiger partial charge in [-0.1, -0.05) is 41.1 Å². The Kier molecular flexibility index (Phi) is 7.50. The van der Waals surface area contributed by atoms with Crippen LogP contribution >= 0.6 is 15.9 Å². The Morgan fingerprint density at radius 2 is 1.81 bits per heavy atom. The number of carboxylic acid groups (broad SMARTS) is 1. The topological polar surface area (TPSA) is 76.0 Å². The molecule has 4 rings (SSSR count). The smallest absolute Gasteiger partial charge is 0.335 e. The fraction of sp³-hybridized carbons (Fsp3) is 0.207. The van der Waals surface area contributed by atoms with Gasteiger partial charge in [-0.15, -0.1) is 0 Å². The highest BCUT2D eigenvalue weighted by Gasteiger charge is 2.39. The number of allylic oxidation sites excluding steroid dienone is 1. The Balaban J connectivity index is 1.78.